The molecule has 0 saturated carbocycles. The van der Waals surface area contributed by atoms with Crippen molar-refractivity contribution in [2.45, 2.75) is 45.9 Å². The predicted octanol–water partition coefficient (Wildman–Crippen LogP) is 3.99. The van der Waals surface area contributed by atoms with Gasteiger partial charge in [-0.2, -0.15) is 0 Å². The predicted molar refractivity (Wildman–Crippen MR) is 83.0 cm³/mol. The fourth-order valence-electron chi connectivity index (χ4n) is 1.75. The molecule has 0 spiro atoms. The van der Waals surface area contributed by atoms with Crippen molar-refractivity contribution in [2.75, 3.05) is 6.61 Å². The van der Waals surface area contributed by atoms with E-state index >= 15 is 0 Å². The zero-order valence-corrected chi connectivity index (χ0v) is 13.3. The van der Waals surface area contributed by atoms with Crippen LogP contribution in [0.2, 0.25) is 0 Å². The molecule has 110 valence electrons. The Balaban J connectivity index is 1.67. The van der Waals surface area contributed by atoms with Crippen molar-refractivity contribution >= 4 is 11.3 Å². The molecule has 2 rings (SSSR count). The Kier molecular flexibility index (Phi) is 5.40. The summed E-state index contributed by atoms with van der Waals surface area (Å²) in [7, 11) is 0. The van der Waals surface area contributed by atoms with Crippen LogP contribution in [0.4, 0.5) is 0 Å². The van der Waals surface area contributed by atoms with Crippen LogP contribution in [0.3, 0.4) is 0 Å². The second-order valence-corrected chi connectivity index (χ2v) is 6.89. The van der Waals surface area contributed by atoms with Crippen molar-refractivity contribution in [3.05, 3.63) is 46.0 Å². The molecule has 0 fully saturated rings. The van der Waals surface area contributed by atoms with Gasteiger partial charge in [-0.05, 0) is 44.4 Å². The molecule has 0 aromatic carbocycles. The van der Waals surface area contributed by atoms with Crippen molar-refractivity contribution in [2.24, 2.45) is 0 Å². The summed E-state index contributed by atoms with van der Waals surface area (Å²) in [5.41, 5.74) is 0.101. The first-order chi connectivity index (χ1) is 9.53. The lowest BCUT2D eigenvalue weighted by Crippen LogP contribution is -2.34. The van der Waals surface area contributed by atoms with Gasteiger partial charge >= 0.3 is 0 Å². The average Bonchev–Trinajstić information content (AvgIpc) is 3.03. The fourth-order valence-corrected chi connectivity index (χ4v) is 2.44. The largest absolute Gasteiger partial charge is 0.462 e. The Morgan fingerprint density at radius 2 is 2.00 bits per heavy atom. The Bertz CT molecular complexity index is 497. The van der Waals surface area contributed by atoms with Gasteiger partial charge in [0.2, 0.25) is 0 Å². The molecule has 0 amide bonds. The summed E-state index contributed by atoms with van der Waals surface area (Å²) in [6, 6.07) is 8.21. The van der Waals surface area contributed by atoms with E-state index in [0.29, 0.717) is 6.61 Å². The zero-order valence-electron chi connectivity index (χ0n) is 12.4. The molecule has 0 aliphatic carbocycles. The molecule has 0 atom stereocenters. The van der Waals surface area contributed by atoms with Gasteiger partial charge in [0.25, 0.3) is 0 Å². The van der Waals surface area contributed by atoms with E-state index in [0.717, 1.165) is 31.1 Å². The number of hydrogen-bond donors (Lipinski definition) is 1. The van der Waals surface area contributed by atoms with E-state index in [9.17, 15) is 0 Å². The molecule has 0 saturated heterocycles. The van der Waals surface area contributed by atoms with E-state index < -0.39 is 0 Å². The van der Waals surface area contributed by atoms with Gasteiger partial charge < -0.3 is 14.5 Å². The first-order valence-corrected chi connectivity index (χ1v) is 7.84. The number of thiophene rings is 1. The van der Waals surface area contributed by atoms with E-state index in [1.165, 1.54) is 4.88 Å². The second-order valence-electron chi connectivity index (χ2n) is 5.85. The third-order valence-electron chi connectivity index (χ3n) is 2.83. The van der Waals surface area contributed by atoms with Crippen molar-refractivity contribution in [1.29, 1.82) is 0 Å². The summed E-state index contributed by atoms with van der Waals surface area (Å²) in [6.45, 7) is 8.45. The molecule has 0 aliphatic rings. The zero-order chi connectivity index (χ0) is 14.4. The molecule has 0 aliphatic heterocycles. The van der Waals surface area contributed by atoms with Crippen molar-refractivity contribution in [3.8, 4) is 0 Å². The van der Waals surface area contributed by atoms with Crippen molar-refractivity contribution in [3.63, 3.8) is 0 Å². The van der Waals surface area contributed by atoms with Crippen LogP contribution in [0.15, 0.2) is 34.1 Å². The van der Waals surface area contributed by atoms with Gasteiger partial charge in [-0.25, -0.2) is 0 Å². The lowest BCUT2D eigenvalue weighted by molar-refractivity contribution is 0.108. The average molecular weight is 293 g/mol. The van der Waals surface area contributed by atoms with Crippen LogP contribution in [0.25, 0.3) is 0 Å². The highest BCUT2D eigenvalue weighted by Crippen LogP contribution is 2.12. The Hall–Kier alpha value is -1.10. The van der Waals surface area contributed by atoms with Crippen LogP contribution in [-0.4, -0.2) is 12.1 Å². The van der Waals surface area contributed by atoms with Crippen LogP contribution < -0.4 is 5.32 Å². The molecule has 0 radical (unpaired) electrons. The normalized spacial score (nSPS) is 11.9. The third-order valence-corrected chi connectivity index (χ3v) is 3.76. The maximum absolute atomic E-state index is 5.73. The molecule has 20 heavy (non-hydrogen) atoms. The third kappa shape index (κ3) is 5.49. The summed E-state index contributed by atoms with van der Waals surface area (Å²) in [4.78, 5) is 1.36. The van der Waals surface area contributed by atoms with E-state index in [2.05, 4.69) is 43.6 Å². The van der Waals surface area contributed by atoms with Crippen molar-refractivity contribution < 1.29 is 9.15 Å². The number of ether oxygens (including phenoxy) is 1. The number of rotatable bonds is 7. The molecule has 0 bridgehead atoms. The minimum atomic E-state index is 0.101. The van der Waals surface area contributed by atoms with Crippen LogP contribution in [0.5, 0.6) is 0 Å². The summed E-state index contributed by atoms with van der Waals surface area (Å²) in [5.74, 6) is 1.85. The van der Waals surface area contributed by atoms with E-state index in [-0.39, 0.29) is 5.54 Å². The quantitative estimate of drug-likeness (QED) is 0.784. The molecule has 2 heterocycles. The molecular weight excluding hydrogens is 270 g/mol. The molecule has 4 heteroatoms. The van der Waals surface area contributed by atoms with E-state index in [1.54, 1.807) is 11.3 Å². The first kappa shape index (κ1) is 15.3. The van der Waals surface area contributed by atoms with Gasteiger partial charge in [-0.3, -0.25) is 0 Å². The number of furan rings is 1. The Morgan fingerprint density at radius 1 is 1.20 bits per heavy atom. The van der Waals surface area contributed by atoms with Crippen molar-refractivity contribution in [1.82, 2.24) is 5.32 Å². The summed E-state index contributed by atoms with van der Waals surface area (Å²) < 4.78 is 11.4. The van der Waals surface area contributed by atoms with Gasteiger partial charge in [0, 0.05) is 16.8 Å². The SMILES string of the molecule is CC(C)(C)NCc1ccc(COCCc2cccs2)o1. The fraction of sp³-hybridized carbons (Fsp3) is 0.500. The van der Waals surface area contributed by atoms with Crippen LogP contribution in [0, 0.1) is 0 Å². The maximum atomic E-state index is 5.73. The van der Waals surface area contributed by atoms with E-state index in [1.807, 2.05) is 12.1 Å². The lowest BCUT2D eigenvalue weighted by Gasteiger charge is -2.19. The first-order valence-electron chi connectivity index (χ1n) is 6.96. The van der Waals surface area contributed by atoms with Gasteiger partial charge in [0.15, 0.2) is 0 Å². The van der Waals surface area contributed by atoms with Gasteiger partial charge in [-0.15, -0.1) is 11.3 Å². The highest BCUT2D eigenvalue weighted by atomic mass is 32.1. The smallest absolute Gasteiger partial charge is 0.129 e. The molecule has 2 aromatic rings. The molecule has 1 N–H and O–H groups in total. The topological polar surface area (TPSA) is 34.4 Å². The number of hydrogen-bond acceptors (Lipinski definition) is 4. The second kappa shape index (κ2) is 7.07. The van der Waals surface area contributed by atoms with Crippen LogP contribution in [-0.2, 0) is 24.3 Å². The lowest BCUT2D eigenvalue weighted by atomic mass is 10.1. The summed E-state index contributed by atoms with van der Waals surface area (Å²) in [6.07, 6.45) is 0.969. The van der Waals surface area contributed by atoms with Gasteiger partial charge in [0.05, 0.1) is 13.2 Å². The monoisotopic (exact) mass is 293 g/mol. The Morgan fingerprint density at radius 3 is 2.70 bits per heavy atom. The van der Waals surface area contributed by atoms with Crippen LogP contribution >= 0.6 is 11.3 Å². The highest BCUT2D eigenvalue weighted by molar-refractivity contribution is 7.09. The number of nitrogens with one attached hydrogen (secondary N) is 1. The van der Waals surface area contributed by atoms with E-state index in [4.69, 9.17) is 9.15 Å². The van der Waals surface area contributed by atoms with Crippen LogP contribution in [0.1, 0.15) is 37.2 Å². The van der Waals surface area contributed by atoms with Gasteiger partial charge in [0.1, 0.15) is 18.1 Å². The maximum Gasteiger partial charge on any atom is 0.129 e. The Labute approximate surface area is 125 Å². The highest BCUT2D eigenvalue weighted by Gasteiger charge is 2.10. The minimum Gasteiger partial charge on any atom is -0.462 e. The molecular formula is C16H23NO2S. The molecule has 0 unspecified atom stereocenters. The molecule has 2 aromatic heterocycles. The standard InChI is InChI=1S/C16H23NO2S/c1-16(2,3)17-11-13-6-7-14(19-13)12-18-9-8-15-5-4-10-20-15/h4-7,10,17H,8-9,11-12H2,1-3H3. The van der Waals surface area contributed by atoms with Gasteiger partial charge in [-0.1, -0.05) is 6.07 Å². The minimum absolute atomic E-state index is 0.101. The molecule has 3 nitrogen and oxygen atoms in total. The summed E-state index contributed by atoms with van der Waals surface area (Å²) >= 11 is 1.77. The summed E-state index contributed by atoms with van der Waals surface area (Å²) in [5, 5.41) is 5.50.